The lowest BCUT2D eigenvalue weighted by molar-refractivity contribution is -0.119. The Balaban J connectivity index is 1.91. The minimum absolute atomic E-state index is 0.0561. The second kappa shape index (κ2) is 4.51. The van der Waals surface area contributed by atoms with Crippen LogP contribution in [0.4, 0.5) is 10.5 Å². The van der Waals surface area contributed by atoms with Crippen LogP contribution in [0, 0.1) is 0 Å². The van der Waals surface area contributed by atoms with Gasteiger partial charge in [0.05, 0.1) is 11.8 Å². The lowest BCUT2D eigenvalue weighted by Gasteiger charge is -2.17. The first kappa shape index (κ1) is 12.4. The molecule has 2 heterocycles. The van der Waals surface area contributed by atoms with E-state index >= 15 is 0 Å². The number of urea groups is 1. The number of hydrogen-bond donors (Lipinski definition) is 0. The summed E-state index contributed by atoms with van der Waals surface area (Å²) in [6.45, 7) is 0.461. The highest BCUT2D eigenvalue weighted by molar-refractivity contribution is 6.31. The smallest absolute Gasteiger partial charge is 0.332 e. The molecule has 100 valence electrons. The molecule has 0 radical (unpaired) electrons. The molecule has 2 fully saturated rings. The summed E-state index contributed by atoms with van der Waals surface area (Å²) in [5.41, 5.74) is 0.519. The molecule has 0 N–H and O–H groups in total. The average molecular weight is 281 g/mol. The third-order valence-electron chi connectivity index (χ3n) is 3.60. The van der Waals surface area contributed by atoms with E-state index in [1.165, 1.54) is 4.90 Å². The molecular formula is C13H13ClN2O3. The summed E-state index contributed by atoms with van der Waals surface area (Å²) in [6, 6.07) is 6.05. The van der Waals surface area contributed by atoms with Gasteiger partial charge in [0.25, 0.3) is 5.91 Å². The molecule has 3 amide bonds. The van der Waals surface area contributed by atoms with Crippen LogP contribution >= 0.6 is 11.6 Å². The number of methoxy groups -OCH3 is 1. The number of amides is 3. The third-order valence-corrected chi connectivity index (χ3v) is 3.84. The highest BCUT2D eigenvalue weighted by Crippen LogP contribution is 2.33. The van der Waals surface area contributed by atoms with E-state index in [1.54, 1.807) is 36.3 Å². The first-order valence-corrected chi connectivity index (χ1v) is 6.42. The number of fused-ring (bicyclic) bond motifs is 1. The number of imide groups is 1. The molecular weight excluding hydrogens is 268 g/mol. The fourth-order valence-electron chi connectivity index (χ4n) is 2.64. The van der Waals surface area contributed by atoms with E-state index in [0.29, 0.717) is 23.7 Å². The van der Waals surface area contributed by atoms with Gasteiger partial charge in [0.15, 0.2) is 0 Å². The Hall–Kier alpha value is -1.59. The molecule has 0 bridgehead atoms. The van der Waals surface area contributed by atoms with Gasteiger partial charge >= 0.3 is 6.03 Å². The Morgan fingerprint density at radius 3 is 2.79 bits per heavy atom. The lowest BCUT2D eigenvalue weighted by atomic mass is 10.2. The Bertz CT molecular complexity index is 524. The van der Waals surface area contributed by atoms with E-state index in [2.05, 4.69) is 0 Å². The molecule has 1 aromatic carbocycles. The first-order chi connectivity index (χ1) is 9.11. The largest absolute Gasteiger partial charge is 0.380 e. The van der Waals surface area contributed by atoms with Crippen molar-refractivity contribution in [3.05, 3.63) is 29.3 Å². The summed E-state index contributed by atoms with van der Waals surface area (Å²) in [4.78, 5) is 27.4. The van der Waals surface area contributed by atoms with Crippen LogP contribution in [-0.2, 0) is 9.53 Å². The maximum absolute atomic E-state index is 12.3. The summed E-state index contributed by atoms with van der Waals surface area (Å²) in [5, 5.41) is 0.500. The standard InChI is InChI=1S/C13H13ClN2O3/c1-19-10-6-11-12(17)16(13(18)15(11)7-10)9-4-2-3-8(14)5-9/h2-5,10-11H,6-7H2,1H3. The lowest BCUT2D eigenvalue weighted by Crippen LogP contribution is -2.35. The van der Waals surface area contributed by atoms with Crippen molar-refractivity contribution in [1.29, 1.82) is 0 Å². The van der Waals surface area contributed by atoms with Crippen molar-refractivity contribution in [3.8, 4) is 0 Å². The number of hydrogen-bond acceptors (Lipinski definition) is 3. The second-order valence-electron chi connectivity index (χ2n) is 4.70. The molecule has 2 atom stereocenters. The Morgan fingerprint density at radius 2 is 2.16 bits per heavy atom. The van der Waals surface area contributed by atoms with Crippen molar-refractivity contribution in [1.82, 2.24) is 4.90 Å². The van der Waals surface area contributed by atoms with Gasteiger partial charge in [0.1, 0.15) is 6.04 Å². The molecule has 0 spiro atoms. The number of carbonyl (C=O) groups excluding carboxylic acids is 2. The van der Waals surface area contributed by atoms with Crippen molar-refractivity contribution >= 4 is 29.2 Å². The third kappa shape index (κ3) is 1.89. The molecule has 5 nitrogen and oxygen atoms in total. The minimum atomic E-state index is -0.406. The molecule has 0 saturated carbocycles. The van der Waals surface area contributed by atoms with E-state index in [9.17, 15) is 9.59 Å². The summed E-state index contributed by atoms with van der Waals surface area (Å²) in [6.07, 6.45) is 0.498. The van der Waals surface area contributed by atoms with Crippen LogP contribution in [0.1, 0.15) is 6.42 Å². The van der Waals surface area contributed by atoms with E-state index in [-0.39, 0.29) is 18.0 Å². The van der Waals surface area contributed by atoms with Crippen molar-refractivity contribution in [2.24, 2.45) is 0 Å². The normalized spacial score (nSPS) is 26.2. The van der Waals surface area contributed by atoms with Crippen molar-refractivity contribution < 1.29 is 14.3 Å². The molecule has 2 unspecified atom stereocenters. The molecule has 0 aliphatic carbocycles. The van der Waals surface area contributed by atoms with Crippen LogP contribution in [0.25, 0.3) is 0 Å². The number of ether oxygens (including phenoxy) is 1. The van der Waals surface area contributed by atoms with Gasteiger partial charge in [-0.15, -0.1) is 0 Å². The zero-order valence-corrected chi connectivity index (χ0v) is 11.1. The number of carbonyl (C=O) groups is 2. The summed E-state index contributed by atoms with van der Waals surface area (Å²) in [5.74, 6) is -0.202. The van der Waals surface area contributed by atoms with Gasteiger partial charge in [0, 0.05) is 25.1 Å². The second-order valence-corrected chi connectivity index (χ2v) is 5.13. The van der Waals surface area contributed by atoms with Gasteiger partial charge in [0.2, 0.25) is 0 Å². The molecule has 6 heteroatoms. The van der Waals surface area contributed by atoms with Gasteiger partial charge < -0.3 is 9.64 Å². The van der Waals surface area contributed by atoms with E-state index < -0.39 is 6.04 Å². The number of halogens is 1. The summed E-state index contributed by atoms with van der Waals surface area (Å²) in [7, 11) is 1.59. The number of nitrogens with zero attached hydrogens (tertiary/aromatic N) is 2. The quantitative estimate of drug-likeness (QED) is 0.778. The average Bonchev–Trinajstić information content (AvgIpc) is 2.91. The fraction of sp³-hybridized carbons (Fsp3) is 0.385. The van der Waals surface area contributed by atoms with Crippen LogP contribution in [0.2, 0.25) is 5.02 Å². The molecule has 19 heavy (non-hydrogen) atoms. The number of anilines is 1. The van der Waals surface area contributed by atoms with Gasteiger partial charge in [-0.2, -0.15) is 0 Å². The van der Waals surface area contributed by atoms with Crippen LogP contribution < -0.4 is 4.90 Å². The Labute approximate surface area is 115 Å². The monoisotopic (exact) mass is 280 g/mol. The van der Waals surface area contributed by atoms with E-state index in [0.717, 1.165) is 0 Å². The van der Waals surface area contributed by atoms with Gasteiger partial charge in [-0.1, -0.05) is 17.7 Å². The molecule has 3 rings (SSSR count). The molecule has 1 aromatic rings. The van der Waals surface area contributed by atoms with Crippen molar-refractivity contribution in [2.45, 2.75) is 18.6 Å². The highest BCUT2D eigenvalue weighted by Gasteiger charge is 2.51. The zero-order valence-electron chi connectivity index (χ0n) is 10.4. The molecule has 2 aliphatic heterocycles. The predicted molar refractivity (Wildman–Crippen MR) is 70.2 cm³/mol. The fourth-order valence-corrected chi connectivity index (χ4v) is 2.82. The van der Waals surface area contributed by atoms with Crippen molar-refractivity contribution in [3.63, 3.8) is 0 Å². The molecule has 0 aromatic heterocycles. The Kier molecular flexibility index (Phi) is 2.95. The maximum Gasteiger partial charge on any atom is 0.332 e. The molecule has 2 aliphatic rings. The predicted octanol–water partition coefficient (Wildman–Crippen LogP) is 1.90. The topological polar surface area (TPSA) is 49.9 Å². The van der Waals surface area contributed by atoms with E-state index in [1.807, 2.05) is 0 Å². The van der Waals surface area contributed by atoms with Crippen LogP contribution in [0.3, 0.4) is 0 Å². The number of benzene rings is 1. The van der Waals surface area contributed by atoms with E-state index in [4.69, 9.17) is 16.3 Å². The van der Waals surface area contributed by atoms with Crippen LogP contribution in [0.15, 0.2) is 24.3 Å². The molecule has 2 saturated heterocycles. The summed E-state index contributed by atoms with van der Waals surface area (Å²) >= 11 is 5.90. The zero-order chi connectivity index (χ0) is 13.6. The first-order valence-electron chi connectivity index (χ1n) is 6.04. The number of rotatable bonds is 2. The minimum Gasteiger partial charge on any atom is -0.380 e. The van der Waals surface area contributed by atoms with Gasteiger partial charge in [-0.05, 0) is 18.2 Å². The van der Waals surface area contributed by atoms with Gasteiger partial charge in [-0.3, -0.25) is 4.79 Å². The van der Waals surface area contributed by atoms with Gasteiger partial charge in [-0.25, -0.2) is 9.69 Å². The van der Waals surface area contributed by atoms with Crippen LogP contribution in [0.5, 0.6) is 0 Å². The van der Waals surface area contributed by atoms with Crippen molar-refractivity contribution in [2.75, 3.05) is 18.6 Å². The summed E-state index contributed by atoms with van der Waals surface area (Å²) < 4.78 is 5.22. The SMILES string of the molecule is COC1CC2C(=O)N(c3cccc(Cl)c3)C(=O)N2C1. The maximum atomic E-state index is 12.3. The highest BCUT2D eigenvalue weighted by atomic mass is 35.5. The van der Waals surface area contributed by atoms with Crippen LogP contribution in [-0.4, -0.2) is 42.6 Å². The Morgan fingerprint density at radius 1 is 1.37 bits per heavy atom.